The number of thiophene rings is 1. The number of rotatable bonds is 5. The Morgan fingerprint density at radius 3 is 2.77 bits per heavy atom. The molecule has 0 aliphatic carbocycles. The Morgan fingerprint density at radius 2 is 2.23 bits per heavy atom. The van der Waals surface area contributed by atoms with E-state index >= 15 is 0 Å². The van der Waals surface area contributed by atoms with Gasteiger partial charge >= 0.3 is 0 Å². The summed E-state index contributed by atoms with van der Waals surface area (Å²) in [6.45, 7) is 5.26. The highest BCUT2D eigenvalue weighted by atomic mass is 32.1. The predicted octanol–water partition coefficient (Wildman–Crippen LogP) is 3.06. The van der Waals surface area contributed by atoms with E-state index in [2.05, 4.69) is 30.7 Å². The second-order valence-corrected chi connectivity index (χ2v) is 5.13. The maximum atomic E-state index is 5.67. The minimum Gasteiger partial charge on any atom is -0.330 e. The number of hydrogen-bond acceptors (Lipinski definition) is 2. The van der Waals surface area contributed by atoms with Crippen molar-refractivity contribution >= 4 is 11.3 Å². The van der Waals surface area contributed by atoms with Crippen molar-refractivity contribution in [2.24, 2.45) is 11.1 Å². The number of aryl methyl sites for hydroxylation is 1. The molecule has 0 bridgehead atoms. The topological polar surface area (TPSA) is 26.0 Å². The molecule has 74 valence electrons. The molecule has 1 aromatic heterocycles. The van der Waals surface area contributed by atoms with E-state index in [1.54, 1.807) is 11.3 Å². The van der Waals surface area contributed by atoms with Gasteiger partial charge < -0.3 is 5.73 Å². The molecule has 1 rings (SSSR count). The summed E-state index contributed by atoms with van der Waals surface area (Å²) < 4.78 is 0. The van der Waals surface area contributed by atoms with Crippen LogP contribution in [0.25, 0.3) is 0 Å². The van der Waals surface area contributed by atoms with Crippen LogP contribution in [-0.2, 0) is 6.42 Å². The molecule has 0 saturated carbocycles. The van der Waals surface area contributed by atoms with Crippen molar-refractivity contribution in [2.45, 2.75) is 33.1 Å². The second kappa shape index (κ2) is 4.77. The van der Waals surface area contributed by atoms with E-state index in [0.717, 1.165) is 6.54 Å². The summed E-state index contributed by atoms with van der Waals surface area (Å²) in [5.41, 5.74) is 7.45. The minimum absolute atomic E-state index is 0.315. The highest BCUT2D eigenvalue weighted by Crippen LogP contribution is 2.22. The SMILES string of the molecule is CC(C)(CN)CCCc1ccsc1. The molecular weight excluding hydrogens is 178 g/mol. The summed E-state index contributed by atoms with van der Waals surface area (Å²) in [5, 5.41) is 4.37. The Labute approximate surface area is 85.0 Å². The molecule has 2 N–H and O–H groups in total. The summed E-state index contributed by atoms with van der Waals surface area (Å²) in [6, 6.07) is 2.21. The zero-order valence-electron chi connectivity index (χ0n) is 8.55. The van der Waals surface area contributed by atoms with Crippen molar-refractivity contribution in [2.75, 3.05) is 6.54 Å². The van der Waals surface area contributed by atoms with Gasteiger partial charge in [0, 0.05) is 0 Å². The van der Waals surface area contributed by atoms with Crippen LogP contribution in [0, 0.1) is 5.41 Å². The molecule has 0 aliphatic heterocycles. The Kier molecular flexibility index (Phi) is 3.94. The Bertz CT molecular complexity index is 226. The first-order valence-electron chi connectivity index (χ1n) is 4.85. The lowest BCUT2D eigenvalue weighted by Crippen LogP contribution is -2.23. The molecule has 1 nitrogen and oxygen atoms in total. The van der Waals surface area contributed by atoms with E-state index in [1.165, 1.54) is 24.8 Å². The van der Waals surface area contributed by atoms with E-state index in [1.807, 2.05) is 0 Å². The van der Waals surface area contributed by atoms with Crippen LogP contribution in [0.15, 0.2) is 16.8 Å². The maximum absolute atomic E-state index is 5.67. The molecule has 1 aromatic rings. The molecule has 0 radical (unpaired) electrons. The third-order valence-electron chi connectivity index (χ3n) is 2.45. The first-order valence-corrected chi connectivity index (χ1v) is 5.79. The monoisotopic (exact) mass is 197 g/mol. The normalized spacial score (nSPS) is 11.9. The Balaban J connectivity index is 2.21. The van der Waals surface area contributed by atoms with Crippen LogP contribution < -0.4 is 5.73 Å². The van der Waals surface area contributed by atoms with Crippen molar-refractivity contribution in [1.29, 1.82) is 0 Å². The van der Waals surface area contributed by atoms with Crippen molar-refractivity contribution in [3.05, 3.63) is 22.4 Å². The zero-order valence-corrected chi connectivity index (χ0v) is 9.36. The van der Waals surface area contributed by atoms with Crippen LogP contribution in [0.5, 0.6) is 0 Å². The van der Waals surface area contributed by atoms with Crippen LogP contribution in [0.1, 0.15) is 32.3 Å². The molecule has 0 spiro atoms. The molecule has 13 heavy (non-hydrogen) atoms. The maximum Gasteiger partial charge on any atom is -0.00258 e. The average Bonchev–Trinajstić information content (AvgIpc) is 2.57. The summed E-state index contributed by atoms with van der Waals surface area (Å²) in [7, 11) is 0. The van der Waals surface area contributed by atoms with Crippen molar-refractivity contribution in [3.8, 4) is 0 Å². The van der Waals surface area contributed by atoms with Gasteiger partial charge in [0.1, 0.15) is 0 Å². The van der Waals surface area contributed by atoms with Gasteiger partial charge in [-0.2, -0.15) is 11.3 Å². The fourth-order valence-corrected chi connectivity index (χ4v) is 2.01. The quantitative estimate of drug-likeness (QED) is 0.771. The summed E-state index contributed by atoms with van der Waals surface area (Å²) in [4.78, 5) is 0. The molecule has 0 aromatic carbocycles. The average molecular weight is 197 g/mol. The minimum atomic E-state index is 0.315. The van der Waals surface area contributed by atoms with Crippen LogP contribution in [0.4, 0.5) is 0 Å². The highest BCUT2D eigenvalue weighted by Gasteiger charge is 2.14. The molecule has 0 atom stereocenters. The molecule has 0 unspecified atom stereocenters. The van der Waals surface area contributed by atoms with Crippen molar-refractivity contribution in [3.63, 3.8) is 0 Å². The smallest absolute Gasteiger partial charge is 0.00258 e. The first kappa shape index (κ1) is 10.7. The van der Waals surface area contributed by atoms with Crippen molar-refractivity contribution < 1.29 is 0 Å². The van der Waals surface area contributed by atoms with Crippen molar-refractivity contribution in [1.82, 2.24) is 0 Å². The molecule has 2 heteroatoms. The highest BCUT2D eigenvalue weighted by molar-refractivity contribution is 7.07. The van der Waals surface area contributed by atoms with Crippen LogP contribution in [0.3, 0.4) is 0 Å². The van der Waals surface area contributed by atoms with Gasteiger partial charge in [-0.25, -0.2) is 0 Å². The van der Waals surface area contributed by atoms with Crippen LogP contribution in [0.2, 0.25) is 0 Å². The lowest BCUT2D eigenvalue weighted by Gasteiger charge is -2.21. The van der Waals surface area contributed by atoms with E-state index in [-0.39, 0.29) is 0 Å². The van der Waals surface area contributed by atoms with Gasteiger partial charge in [-0.05, 0) is 53.6 Å². The fraction of sp³-hybridized carbons (Fsp3) is 0.636. The molecule has 0 aliphatic rings. The van der Waals surface area contributed by atoms with Gasteiger partial charge in [-0.1, -0.05) is 13.8 Å². The fourth-order valence-electron chi connectivity index (χ4n) is 1.31. The van der Waals surface area contributed by atoms with Gasteiger partial charge in [-0.3, -0.25) is 0 Å². The van der Waals surface area contributed by atoms with E-state index in [0.29, 0.717) is 5.41 Å². The second-order valence-electron chi connectivity index (χ2n) is 4.35. The Hall–Kier alpha value is -0.340. The lowest BCUT2D eigenvalue weighted by molar-refractivity contribution is 0.337. The molecule has 0 amide bonds. The number of hydrogen-bond donors (Lipinski definition) is 1. The third-order valence-corrected chi connectivity index (χ3v) is 3.18. The molecular formula is C11H19NS. The summed E-state index contributed by atoms with van der Waals surface area (Å²) in [6.07, 6.45) is 3.67. The third kappa shape index (κ3) is 3.92. The largest absolute Gasteiger partial charge is 0.330 e. The molecule has 1 heterocycles. The van der Waals surface area contributed by atoms with Gasteiger partial charge in [0.15, 0.2) is 0 Å². The zero-order chi connectivity index (χ0) is 9.73. The van der Waals surface area contributed by atoms with Crippen LogP contribution >= 0.6 is 11.3 Å². The molecule has 0 saturated heterocycles. The first-order chi connectivity index (χ1) is 6.14. The number of nitrogens with two attached hydrogens (primary N) is 1. The predicted molar refractivity (Wildman–Crippen MR) is 60.1 cm³/mol. The standard InChI is InChI=1S/C11H19NS/c1-11(2,9-12)6-3-4-10-5-7-13-8-10/h5,7-8H,3-4,6,9,12H2,1-2H3. The Morgan fingerprint density at radius 1 is 1.46 bits per heavy atom. The van der Waals surface area contributed by atoms with E-state index < -0.39 is 0 Å². The van der Waals surface area contributed by atoms with Gasteiger partial charge in [0.25, 0.3) is 0 Å². The van der Waals surface area contributed by atoms with E-state index in [4.69, 9.17) is 5.73 Å². The van der Waals surface area contributed by atoms with E-state index in [9.17, 15) is 0 Å². The van der Waals surface area contributed by atoms with Gasteiger partial charge in [0.05, 0.1) is 0 Å². The summed E-state index contributed by atoms with van der Waals surface area (Å²) >= 11 is 1.78. The van der Waals surface area contributed by atoms with Gasteiger partial charge in [0.2, 0.25) is 0 Å². The van der Waals surface area contributed by atoms with Crippen LogP contribution in [-0.4, -0.2) is 6.54 Å². The summed E-state index contributed by atoms with van der Waals surface area (Å²) in [5.74, 6) is 0. The lowest BCUT2D eigenvalue weighted by atomic mass is 9.87. The van der Waals surface area contributed by atoms with Gasteiger partial charge in [-0.15, -0.1) is 0 Å². The molecule has 0 fully saturated rings.